The van der Waals surface area contributed by atoms with Crippen molar-refractivity contribution in [2.24, 2.45) is 7.05 Å². The maximum absolute atomic E-state index is 12.5. The number of aromatic nitrogens is 1. The summed E-state index contributed by atoms with van der Waals surface area (Å²) in [6.45, 7) is 0. The largest absolute Gasteiger partial charge is 0.548 e. The molecule has 1 fully saturated rings. The quantitative estimate of drug-likeness (QED) is 0.562. The number of rotatable bonds is 6. The molecule has 2 rings (SSSR count). The van der Waals surface area contributed by atoms with Crippen molar-refractivity contribution in [2.45, 2.75) is 12.5 Å². The van der Waals surface area contributed by atoms with E-state index >= 15 is 0 Å². The lowest BCUT2D eigenvalue weighted by molar-refractivity contribution is -0.310. The lowest BCUT2D eigenvalue weighted by Gasteiger charge is -2.27. The predicted molar refractivity (Wildman–Crippen MR) is 92.2 cm³/mol. The molecule has 1 aromatic rings. The van der Waals surface area contributed by atoms with Gasteiger partial charge in [0.1, 0.15) is 4.32 Å². The van der Waals surface area contributed by atoms with Gasteiger partial charge in [-0.15, -0.1) is 0 Å². The van der Waals surface area contributed by atoms with E-state index in [1.54, 1.807) is 6.08 Å². The van der Waals surface area contributed by atoms with Crippen molar-refractivity contribution in [1.29, 1.82) is 0 Å². The molecule has 8 heteroatoms. The standard InChI is InChI=1S/C14H16N2O3S3/c1-15-6-3-4-9(15)8-11-12(17)16(14(20)22-11)10(13(18)19)5-7-21-2/h3-4,6,8,10H,5,7H2,1-2H3,(H,18,19)/p-1/b11-8+/t10-/m1/s1. The zero-order chi connectivity index (χ0) is 16.3. The zero-order valence-electron chi connectivity index (χ0n) is 12.1. The molecule has 118 valence electrons. The summed E-state index contributed by atoms with van der Waals surface area (Å²) < 4.78 is 2.14. The van der Waals surface area contributed by atoms with Crippen molar-refractivity contribution >= 4 is 58.0 Å². The highest BCUT2D eigenvalue weighted by Gasteiger charge is 2.37. The lowest BCUT2D eigenvalue weighted by atomic mass is 10.2. The lowest BCUT2D eigenvalue weighted by Crippen LogP contribution is -2.50. The second kappa shape index (κ2) is 7.34. The van der Waals surface area contributed by atoms with Gasteiger partial charge >= 0.3 is 0 Å². The Labute approximate surface area is 142 Å². The highest BCUT2D eigenvalue weighted by molar-refractivity contribution is 8.26. The van der Waals surface area contributed by atoms with E-state index in [9.17, 15) is 14.7 Å². The average Bonchev–Trinajstić information content (AvgIpc) is 2.97. The van der Waals surface area contributed by atoms with E-state index in [0.717, 1.165) is 17.5 Å². The molecule has 0 saturated carbocycles. The monoisotopic (exact) mass is 355 g/mol. The summed E-state index contributed by atoms with van der Waals surface area (Å²) in [6, 6.07) is 2.73. The summed E-state index contributed by atoms with van der Waals surface area (Å²) in [5, 5.41) is 11.4. The molecule has 22 heavy (non-hydrogen) atoms. The molecular formula is C14H15N2O3S3-. The second-order valence-electron chi connectivity index (χ2n) is 4.71. The molecule has 0 radical (unpaired) electrons. The third-order valence-electron chi connectivity index (χ3n) is 3.27. The Bertz CT molecular complexity index is 639. The van der Waals surface area contributed by atoms with Crippen molar-refractivity contribution in [3.8, 4) is 0 Å². The van der Waals surface area contributed by atoms with E-state index in [1.165, 1.54) is 16.7 Å². The fraction of sp³-hybridized carbons (Fsp3) is 0.357. The van der Waals surface area contributed by atoms with E-state index in [4.69, 9.17) is 12.2 Å². The first-order chi connectivity index (χ1) is 10.5. The Morgan fingerprint density at radius 1 is 1.59 bits per heavy atom. The van der Waals surface area contributed by atoms with Gasteiger partial charge in [0.2, 0.25) is 0 Å². The third kappa shape index (κ3) is 3.56. The van der Waals surface area contributed by atoms with Crippen LogP contribution in [0.4, 0.5) is 0 Å². The SMILES string of the molecule is CSCC[C@H](C(=O)[O-])N1C(=O)/C(=C\c2cccn2C)SC1=S. The number of carbonyl (C=O) groups is 2. The molecular weight excluding hydrogens is 340 g/mol. The number of amides is 1. The molecule has 1 aliphatic rings. The smallest absolute Gasteiger partial charge is 0.266 e. The number of carboxylic acids is 1. The number of aryl methyl sites for hydroxylation is 1. The zero-order valence-corrected chi connectivity index (χ0v) is 14.6. The minimum absolute atomic E-state index is 0.265. The van der Waals surface area contributed by atoms with Crippen molar-refractivity contribution in [2.75, 3.05) is 12.0 Å². The van der Waals surface area contributed by atoms with Crippen molar-refractivity contribution in [3.63, 3.8) is 0 Å². The summed E-state index contributed by atoms with van der Waals surface area (Å²) in [6.07, 6.45) is 5.79. The van der Waals surface area contributed by atoms with Crippen LogP contribution in [0, 0.1) is 0 Å². The van der Waals surface area contributed by atoms with Crippen LogP contribution in [0.5, 0.6) is 0 Å². The minimum atomic E-state index is -1.27. The second-order valence-corrected chi connectivity index (χ2v) is 7.37. The summed E-state index contributed by atoms with van der Waals surface area (Å²) in [7, 11) is 1.87. The normalized spacial score (nSPS) is 18.3. The molecule has 2 heterocycles. The highest BCUT2D eigenvalue weighted by Crippen LogP contribution is 2.34. The molecule has 1 atom stereocenters. The number of thioether (sulfide) groups is 2. The van der Waals surface area contributed by atoms with Gasteiger partial charge in [-0.3, -0.25) is 9.69 Å². The Morgan fingerprint density at radius 2 is 2.32 bits per heavy atom. The fourth-order valence-corrected chi connectivity index (χ4v) is 3.89. The Kier molecular flexibility index (Phi) is 5.71. The van der Waals surface area contributed by atoms with Gasteiger partial charge in [0, 0.05) is 18.9 Å². The summed E-state index contributed by atoms with van der Waals surface area (Å²) in [5.74, 6) is -1.02. The van der Waals surface area contributed by atoms with Crippen LogP contribution in [0.2, 0.25) is 0 Å². The Hall–Kier alpha value is -1.25. The van der Waals surface area contributed by atoms with Crippen molar-refractivity contribution in [3.05, 3.63) is 28.9 Å². The molecule has 1 saturated heterocycles. The Balaban J connectivity index is 2.26. The first kappa shape index (κ1) is 17.1. The van der Waals surface area contributed by atoms with Gasteiger partial charge in [0.05, 0.1) is 16.9 Å². The van der Waals surface area contributed by atoms with Crippen LogP contribution in [0.15, 0.2) is 23.2 Å². The fourth-order valence-electron chi connectivity index (χ4n) is 2.09. The van der Waals surface area contributed by atoms with Crippen LogP contribution < -0.4 is 5.11 Å². The molecule has 0 aliphatic carbocycles. The number of carbonyl (C=O) groups excluding carboxylic acids is 2. The molecule has 1 aliphatic heterocycles. The topological polar surface area (TPSA) is 65.4 Å². The van der Waals surface area contributed by atoms with Gasteiger partial charge in [-0.2, -0.15) is 11.8 Å². The van der Waals surface area contributed by atoms with E-state index in [0.29, 0.717) is 17.1 Å². The molecule has 0 aromatic carbocycles. The van der Waals surface area contributed by atoms with Crippen LogP contribution in [-0.4, -0.2) is 43.7 Å². The number of hydrogen-bond acceptors (Lipinski definition) is 6. The van der Waals surface area contributed by atoms with Crippen LogP contribution in [-0.2, 0) is 16.6 Å². The van der Waals surface area contributed by atoms with Crippen LogP contribution in [0.25, 0.3) is 6.08 Å². The number of nitrogens with zero attached hydrogens (tertiary/aromatic N) is 2. The predicted octanol–water partition coefficient (Wildman–Crippen LogP) is 1.10. The van der Waals surface area contributed by atoms with Crippen molar-refractivity contribution in [1.82, 2.24) is 9.47 Å². The number of aliphatic carboxylic acids is 1. The highest BCUT2D eigenvalue weighted by atomic mass is 32.2. The third-order valence-corrected chi connectivity index (χ3v) is 5.24. The average molecular weight is 355 g/mol. The number of thiocarbonyl (C=S) groups is 1. The minimum Gasteiger partial charge on any atom is -0.548 e. The van der Waals surface area contributed by atoms with E-state index in [-0.39, 0.29) is 10.2 Å². The molecule has 0 N–H and O–H groups in total. The summed E-state index contributed by atoms with van der Waals surface area (Å²) >= 11 is 7.84. The van der Waals surface area contributed by atoms with Gasteiger partial charge in [0.25, 0.3) is 5.91 Å². The number of carboxylic acid groups (broad SMARTS) is 1. The van der Waals surface area contributed by atoms with Crippen molar-refractivity contribution < 1.29 is 14.7 Å². The van der Waals surface area contributed by atoms with Crippen LogP contribution >= 0.6 is 35.7 Å². The van der Waals surface area contributed by atoms with E-state index in [2.05, 4.69) is 0 Å². The maximum atomic E-state index is 12.5. The van der Waals surface area contributed by atoms with Gasteiger partial charge in [-0.05, 0) is 36.6 Å². The molecule has 0 unspecified atom stereocenters. The maximum Gasteiger partial charge on any atom is 0.266 e. The van der Waals surface area contributed by atoms with Crippen LogP contribution in [0.1, 0.15) is 12.1 Å². The molecule has 5 nitrogen and oxygen atoms in total. The van der Waals surface area contributed by atoms with Gasteiger partial charge < -0.3 is 14.5 Å². The molecule has 0 spiro atoms. The van der Waals surface area contributed by atoms with Gasteiger partial charge in [-0.25, -0.2) is 0 Å². The first-order valence-electron chi connectivity index (χ1n) is 6.54. The van der Waals surface area contributed by atoms with E-state index < -0.39 is 12.0 Å². The van der Waals surface area contributed by atoms with E-state index in [1.807, 2.05) is 36.2 Å². The summed E-state index contributed by atoms with van der Waals surface area (Å²) in [4.78, 5) is 25.5. The number of hydrogen-bond donors (Lipinski definition) is 0. The Morgan fingerprint density at radius 3 is 2.86 bits per heavy atom. The molecule has 1 amide bonds. The van der Waals surface area contributed by atoms with Gasteiger partial charge in [0.15, 0.2) is 0 Å². The van der Waals surface area contributed by atoms with Gasteiger partial charge in [-0.1, -0.05) is 24.0 Å². The molecule has 0 bridgehead atoms. The molecule has 1 aromatic heterocycles. The van der Waals surface area contributed by atoms with Crippen LogP contribution in [0.3, 0.4) is 0 Å². The first-order valence-corrected chi connectivity index (χ1v) is 9.15. The summed E-state index contributed by atoms with van der Waals surface area (Å²) in [5.41, 5.74) is 0.856.